The highest BCUT2D eigenvalue weighted by Gasteiger charge is 2.31. The second kappa shape index (κ2) is 4.16. The van der Waals surface area contributed by atoms with Crippen LogP contribution in [0.15, 0.2) is 0 Å². The van der Waals surface area contributed by atoms with Gasteiger partial charge in [-0.15, -0.1) is 0 Å². The number of aliphatic hydroxyl groups is 1. The van der Waals surface area contributed by atoms with Crippen molar-refractivity contribution in [2.45, 2.75) is 43.7 Å². The van der Waals surface area contributed by atoms with Gasteiger partial charge < -0.3 is 10.8 Å². The topological polar surface area (TPSA) is 80.4 Å². The van der Waals surface area contributed by atoms with Crippen molar-refractivity contribution >= 4 is 9.84 Å². The van der Waals surface area contributed by atoms with Crippen LogP contribution in [0.2, 0.25) is 0 Å². The van der Waals surface area contributed by atoms with Crippen molar-refractivity contribution in [3.63, 3.8) is 0 Å². The molecule has 0 saturated heterocycles. The summed E-state index contributed by atoms with van der Waals surface area (Å²) in [5, 5.41) is 9.30. The number of nitrogens with two attached hydrogens (primary N) is 1. The standard InChI is InChI=1S/C9H19NO3S/c1-14(12,13)7-6-9(10)4-2-8(11)3-5-9/h8,11H,2-7,10H2,1H3. The van der Waals surface area contributed by atoms with Gasteiger partial charge in [-0.3, -0.25) is 0 Å². The molecule has 0 radical (unpaired) electrons. The maximum absolute atomic E-state index is 11.0. The molecule has 3 N–H and O–H groups in total. The first-order valence-corrected chi connectivity index (χ1v) is 7.01. The van der Waals surface area contributed by atoms with Crippen LogP contribution in [0.4, 0.5) is 0 Å². The van der Waals surface area contributed by atoms with Crippen LogP contribution in [0, 0.1) is 0 Å². The summed E-state index contributed by atoms with van der Waals surface area (Å²) in [7, 11) is -2.92. The molecule has 0 spiro atoms. The number of sulfone groups is 1. The van der Waals surface area contributed by atoms with E-state index in [1.54, 1.807) is 0 Å². The number of hydrogen-bond acceptors (Lipinski definition) is 4. The Bertz CT molecular complexity index is 278. The zero-order chi connectivity index (χ0) is 10.8. The molecule has 0 unspecified atom stereocenters. The van der Waals surface area contributed by atoms with Gasteiger partial charge in [-0.05, 0) is 32.1 Å². The molecular weight excluding hydrogens is 202 g/mol. The van der Waals surface area contributed by atoms with Gasteiger partial charge in [-0.25, -0.2) is 8.42 Å². The summed E-state index contributed by atoms with van der Waals surface area (Å²) in [6, 6.07) is 0. The van der Waals surface area contributed by atoms with Crippen molar-refractivity contribution in [1.29, 1.82) is 0 Å². The Morgan fingerprint density at radius 3 is 2.36 bits per heavy atom. The van der Waals surface area contributed by atoms with Crippen molar-refractivity contribution in [3.05, 3.63) is 0 Å². The molecule has 1 rings (SSSR count). The van der Waals surface area contributed by atoms with Crippen molar-refractivity contribution < 1.29 is 13.5 Å². The Morgan fingerprint density at radius 2 is 1.93 bits per heavy atom. The Morgan fingerprint density at radius 1 is 1.43 bits per heavy atom. The van der Waals surface area contributed by atoms with Gasteiger partial charge in [-0.2, -0.15) is 0 Å². The SMILES string of the molecule is CS(=O)(=O)CCC1(N)CCC(O)CC1. The Balaban J connectivity index is 2.43. The normalized spacial score (nSPS) is 34.4. The minimum Gasteiger partial charge on any atom is -0.393 e. The highest BCUT2D eigenvalue weighted by Crippen LogP contribution is 2.29. The predicted molar refractivity (Wildman–Crippen MR) is 55.7 cm³/mol. The van der Waals surface area contributed by atoms with Gasteiger partial charge in [-0.1, -0.05) is 0 Å². The van der Waals surface area contributed by atoms with Crippen molar-refractivity contribution in [2.75, 3.05) is 12.0 Å². The molecule has 1 aliphatic carbocycles. The second-order valence-corrected chi connectivity index (χ2v) is 6.73. The molecular formula is C9H19NO3S. The summed E-state index contributed by atoms with van der Waals surface area (Å²) in [6.45, 7) is 0. The quantitative estimate of drug-likeness (QED) is 0.706. The van der Waals surface area contributed by atoms with Crippen LogP contribution >= 0.6 is 0 Å². The fourth-order valence-electron chi connectivity index (χ4n) is 1.82. The van der Waals surface area contributed by atoms with Crippen LogP contribution in [-0.2, 0) is 9.84 Å². The van der Waals surface area contributed by atoms with Gasteiger partial charge >= 0.3 is 0 Å². The maximum atomic E-state index is 11.0. The van der Waals surface area contributed by atoms with Gasteiger partial charge in [0.2, 0.25) is 0 Å². The Hall–Kier alpha value is -0.130. The van der Waals surface area contributed by atoms with E-state index in [1.165, 1.54) is 6.26 Å². The van der Waals surface area contributed by atoms with E-state index in [0.29, 0.717) is 19.3 Å². The predicted octanol–water partition coefficient (Wildman–Crippen LogP) is 0.0535. The van der Waals surface area contributed by atoms with Crippen molar-refractivity contribution in [3.8, 4) is 0 Å². The lowest BCUT2D eigenvalue weighted by atomic mass is 9.79. The lowest BCUT2D eigenvalue weighted by molar-refractivity contribution is 0.0963. The monoisotopic (exact) mass is 221 g/mol. The molecule has 0 aromatic rings. The highest BCUT2D eigenvalue weighted by molar-refractivity contribution is 7.90. The lowest BCUT2D eigenvalue weighted by Gasteiger charge is -2.35. The summed E-state index contributed by atoms with van der Waals surface area (Å²) in [5.41, 5.74) is 5.68. The summed E-state index contributed by atoms with van der Waals surface area (Å²) in [4.78, 5) is 0. The van der Waals surface area contributed by atoms with Crippen LogP contribution in [-0.4, -0.2) is 37.2 Å². The molecule has 0 aromatic carbocycles. The van der Waals surface area contributed by atoms with Crippen LogP contribution in [0.5, 0.6) is 0 Å². The first-order valence-electron chi connectivity index (χ1n) is 4.95. The van der Waals surface area contributed by atoms with E-state index in [9.17, 15) is 13.5 Å². The Labute approximate surface area is 85.4 Å². The van der Waals surface area contributed by atoms with E-state index in [0.717, 1.165) is 12.8 Å². The molecule has 0 bridgehead atoms. The van der Waals surface area contributed by atoms with Gasteiger partial charge in [0.05, 0.1) is 11.9 Å². The lowest BCUT2D eigenvalue weighted by Crippen LogP contribution is -2.45. The molecule has 1 saturated carbocycles. The number of rotatable bonds is 3. The van der Waals surface area contributed by atoms with Crippen molar-refractivity contribution in [1.82, 2.24) is 0 Å². The minimum atomic E-state index is -2.92. The molecule has 0 amide bonds. The summed E-state index contributed by atoms with van der Waals surface area (Å²) in [5.74, 6) is 0.152. The Kier molecular flexibility index (Phi) is 3.55. The molecule has 1 fully saturated rings. The zero-order valence-electron chi connectivity index (χ0n) is 8.57. The van der Waals surface area contributed by atoms with E-state index >= 15 is 0 Å². The van der Waals surface area contributed by atoms with Crippen molar-refractivity contribution in [2.24, 2.45) is 5.73 Å². The molecule has 1 aliphatic rings. The van der Waals surface area contributed by atoms with Gasteiger partial charge in [0, 0.05) is 11.8 Å². The third-order valence-corrected chi connectivity index (χ3v) is 3.87. The van der Waals surface area contributed by atoms with Crippen LogP contribution < -0.4 is 5.73 Å². The molecule has 0 heterocycles. The third-order valence-electron chi connectivity index (χ3n) is 2.92. The molecule has 0 aromatic heterocycles. The van der Waals surface area contributed by atoms with Gasteiger partial charge in [0.15, 0.2) is 0 Å². The first kappa shape index (κ1) is 11.9. The van der Waals surface area contributed by atoms with E-state index in [-0.39, 0.29) is 17.4 Å². The average Bonchev–Trinajstić information content (AvgIpc) is 2.07. The summed E-state index contributed by atoms with van der Waals surface area (Å²) < 4.78 is 22.0. The fourth-order valence-corrected chi connectivity index (χ4v) is 2.59. The number of aliphatic hydroxyl groups excluding tert-OH is 1. The van der Waals surface area contributed by atoms with E-state index in [1.807, 2.05) is 0 Å². The van der Waals surface area contributed by atoms with E-state index in [2.05, 4.69) is 0 Å². The van der Waals surface area contributed by atoms with Crippen LogP contribution in [0.25, 0.3) is 0 Å². The first-order chi connectivity index (χ1) is 6.31. The highest BCUT2D eigenvalue weighted by atomic mass is 32.2. The summed E-state index contributed by atoms with van der Waals surface area (Å²) in [6.07, 6.45) is 4.34. The average molecular weight is 221 g/mol. The van der Waals surface area contributed by atoms with Crippen LogP contribution in [0.3, 0.4) is 0 Å². The van der Waals surface area contributed by atoms with E-state index in [4.69, 9.17) is 5.73 Å². The number of hydrogen-bond donors (Lipinski definition) is 2. The molecule has 0 atom stereocenters. The smallest absolute Gasteiger partial charge is 0.147 e. The third kappa shape index (κ3) is 3.94. The molecule has 0 aliphatic heterocycles. The summed E-state index contributed by atoms with van der Waals surface area (Å²) >= 11 is 0. The maximum Gasteiger partial charge on any atom is 0.147 e. The largest absolute Gasteiger partial charge is 0.393 e. The minimum absolute atomic E-state index is 0.152. The zero-order valence-corrected chi connectivity index (χ0v) is 9.39. The molecule has 5 heteroatoms. The molecule has 14 heavy (non-hydrogen) atoms. The fraction of sp³-hybridized carbons (Fsp3) is 1.00. The van der Waals surface area contributed by atoms with Gasteiger partial charge in [0.25, 0.3) is 0 Å². The van der Waals surface area contributed by atoms with Gasteiger partial charge in [0.1, 0.15) is 9.84 Å². The molecule has 84 valence electrons. The van der Waals surface area contributed by atoms with Crippen LogP contribution in [0.1, 0.15) is 32.1 Å². The van der Waals surface area contributed by atoms with E-state index < -0.39 is 9.84 Å². The second-order valence-electron chi connectivity index (χ2n) is 4.47. The molecule has 4 nitrogen and oxygen atoms in total.